The summed E-state index contributed by atoms with van der Waals surface area (Å²) in [5.74, 6) is 0.988. The van der Waals surface area contributed by atoms with Gasteiger partial charge in [0.05, 0.1) is 17.6 Å². The Labute approximate surface area is 130 Å². The third-order valence-corrected chi connectivity index (χ3v) is 4.16. The molecule has 6 heteroatoms. The van der Waals surface area contributed by atoms with Crippen LogP contribution in [0.5, 0.6) is 0 Å². The number of nitriles is 1. The Morgan fingerprint density at radius 2 is 2.32 bits per heavy atom. The first-order valence-electron chi connectivity index (χ1n) is 7.50. The van der Waals surface area contributed by atoms with Crippen LogP contribution in [0, 0.1) is 17.2 Å². The van der Waals surface area contributed by atoms with Gasteiger partial charge >= 0.3 is 6.09 Å². The lowest BCUT2D eigenvalue weighted by Crippen LogP contribution is -2.50. The van der Waals surface area contributed by atoms with E-state index in [4.69, 9.17) is 10.00 Å². The third kappa shape index (κ3) is 2.59. The number of fused-ring (bicyclic) bond motifs is 1. The summed E-state index contributed by atoms with van der Waals surface area (Å²) in [5.41, 5.74) is 0.0414. The Hall–Kier alpha value is -2.29. The van der Waals surface area contributed by atoms with Gasteiger partial charge in [0.1, 0.15) is 17.5 Å². The Kier molecular flexibility index (Phi) is 3.44. The lowest BCUT2D eigenvalue weighted by molar-refractivity contribution is 0.0239. The first-order chi connectivity index (χ1) is 10.4. The molecule has 116 valence electrons. The quantitative estimate of drug-likeness (QED) is 0.907. The molecular weight excluding hydrogens is 280 g/mol. The van der Waals surface area contributed by atoms with E-state index in [9.17, 15) is 4.79 Å². The minimum absolute atomic E-state index is 0.119. The second-order valence-electron chi connectivity index (χ2n) is 6.88. The monoisotopic (exact) mass is 300 g/mol. The molecule has 22 heavy (non-hydrogen) atoms. The Bertz CT molecular complexity index is 632. The predicted molar refractivity (Wildman–Crippen MR) is 81.2 cm³/mol. The fraction of sp³-hybridized carbons (Fsp3) is 0.562. The zero-order valence-electron chi connectivity index (χ0n) is 13.0. The van der Waals surface area contributed by atoms with Gasteiger partial charge in [0.15, 0.2) is 0 Å². The normalized spacial score (nSPS) is 26.1. The number of rotatable bonds is 2. The standard InChI is InChI=1S/C16H20N4O2/c1-16(2,3)22-15(21)20-9-11-7-12(20)13(11)19-14-10(8-17)5-4-6-18-14/h4-6,11-13H,7,9H2,1-3H3,(H,18,19). The minimum atomic E-state index is -0.484. The number of nitrogens with one attached hydrogen (secondary N) is 1. The Balaban J connectivity index is 1.68. The molecule has 6 nitrogen and oxygen atoms in total. The van der Waals surface area contributed by atoms with Crippen LogP contribution in [0.1, 0.15) is 32.8 Å². The highest BCUT2D eigenvalue weighted by molar-refractivity contribution is 5.70. The number of carbonyl (C=O) groups is 1. The molecule has 3 fully saturated rings. The van der Waals surface area contributed by atoms with Crippen LogP contribution in [0.25, 0.3) is 0 Å². The van der Waals surface area contributed by atoms with E-state index >= 15 is 0 Å². The molecule has 0 spiro atoms. The van der Waals surface area contributed by atoms with Gasteiger partial charge in [-0.25, -0.2) is 9.78 Å². The molecule has 3 atom stereocenters. The maximum atomic E-state index is 12.2. The second-order valence-corrected chi connectivity index (χ2v) is 6.88. The molecule has 0 radical (unpaired) electrons. The summed E-state index contributed by atoms with van der Waals surface area (Å²) in [6.07, 6.45) is 2.38. The second kappa shape index (κ2) is 5.16. The summed E-state index contributed by atoms with van der Waals surface area (Å²) in [7, 11) is 0. The number of pyridine rings is 1. The van der Waals surface area contributed by atoms with E-state index in [1.807, 2.05) is 20.8 Å². The molecule has 1 aromatic heterocycles. The number of nitrogens with zero attached hydrogens (tertiary/aromatic N) is 3. The van der Waals surface area contributed by atoms with Crippen molar-refractivity contribution in [1.29, 1.82) is 5.26 Å². The van der Waals surface area contributed by atoms with Crippen LogP contribution in [0.3, 0.4) is 0 Å². The number of hydrogen-bond acceptors (Lipinski definition) is 5. The van der Waals surface area contributed by atoms with Gasteiger partial charge in [-0.2, -0.15) is 5.26 Å². The van der Waals surface area contributed by atoms with Crippen LogP contribution in [-0.4, -0.2) is 40.2 Å². The van der Waals surface area contributed by atoms with E-state index in [2.05, 4.69) is 16.4 Å². The van der Waals surface area contributed by atoms with E-state index in [1.54, 1.807) is 23.2 Å². The van der Waals surface area contributed by atoms with Crippen molar-refractivity contribution < 1.29 is 9.53 Å². The minimum Gasteiger partial charge on any atom is -0.444 e. The summed E-state index contributed by atoms with van der Waals surface area (Å²) in [6.45, 7) is 6.31. The molecule has 3 aliphatic rings. The molecule has 3 unspecified atom stereocenters. The zero-order valence-corrected chi connectivity index (χ0v) is 13.0. The molecular formula is C16H20N4O2. The van der Waals surface area contributed by atoms with Crippen molar-refractivity contribution in [3.63, 3.8) is 0 Å². The van der Waals surface area contributed by atoms with Crippen molar-refractivity contribution in [1.82, 2.24) is 9.88 Å². The van der Waals surface area contributed by atoms with Gasteiger partial charge in [-0.05, 0) is 39.3 Å². The first kappa shape index (κ1) is 14.6. The average Bonchev–Trinajstić information content (AvgIpc) is 3.02. The molecule has 4 rings (SSSR count). The molecule has 1 amide bonds. The van der Waals surface area contributed by atoms with E-state index < -0.39 is 5.60 Å². The predicted octanol–water partition coefficient (Wildman–Crippen LogP) is 2.37. The van der Waals surface area contributed by atoms with Crippen LogP contribution in [0.15, 0.2) is 18.3 Å². The summed E-state index contributed by atoms with van der Waals surface area (Å²) >= 11 is 0. The third-order valence-electron chi connectivity index (χ3n) is 4.16. The topological polar surface area (TPSA) is 78.2 Å². The molecule has 1 aromatic rings. The van der Waals surface area contributed by atoms with E-state index in [0.29, 0.717) is 23.8 Å². The van der Waals surface area contributed by atoms with Crippen LogP contribution in [-0.2, 0) is 4.74 Å². The summed E-state index contributed by atoms with van der Waals surface area (Å²) < 4.78 is 5.45. The number of amides is 1. The van der Waals surface area contributed by atoms with Gasteiger partial charge in [0.25, 0.3) is 0 Å². The lowest BCUT2D eigenvalue weighted by Gasteiger charge is -2.37. The fourth-order valence-corrected chi connectivity index (χ4v) is 3.13. The molecule has 1 saturated carbocycles. The summed E-state index contributed by atoms with van der Waals surface area (Å²) in [5, 5.41) is 12.4. The number of anilines is 1. The van der Waals surface area contributed by atoms with Gasteiger partial charge in [0, 0.05) is 18.7 Å². The van der Waals surface area contributed by atoms with Crippen LogP contribution < -0.4 is 5.32 Å². The lowest BCUT2D eigenvalue weighted by atomic mass is 9.80. The van der Waals surface area contributed by atoms with Gasteiger partial charge in [0.2, 0.25) is 0 Å². The van der Waals surface area contributed by atoms with Crippen molar-refractivity contribution in [3.05, 3.63) is 23.9 Å². The van der Waals surface area contributed by atoms with Crippen molar-refractivity contribution in [2.45, 2.75) is 44.9 Å². The number of carbonyl (C=O) groups excluding carboxylic acids is 1. The van der Waals surface area contributed by atoms with E-state index in [-0.39, 0.29) is 18.2 Å². The van der Waals surface area contributed by atoms with Crippen molar-refractivity contribution in [2.24, 2.45) is 5.92 Å². The largest absolute Gasteiger partial charge is 0.444 e. The zero-order chi connectivity index (χ0) is 15.9. The summed E-state index contributed by atoms with van der Waals surface area (Å²) in [6, 6.07) is 5.88. The highest BCUT2D eigenvalue weighted by Crippen LogP contribution is 2.43. The molecule has 2 aliphatic heterocycles. The smallest absolute Gasteiger partial charge is 0.410 e. The molecule has 2 bridgehead atoms. The molecule has 3 heterocycles. The van der Waals surface area contributed by atoms with Gasteiger partial charge in [-0.15, -0.1) is 0 Å². The highest BCUT2D eigenvalue weighted by atomic mass is 16.6. The van der Waals surface area contributed by atoms with Gasteiger partial charge in [-0.3, -0.25) is 0 Å². The van der Waals surface area contributed by atoms with Crippen LogP contribution >= 0.6 is 0 Å². The van der Waals surface area contributed by atoms with E-state index in [1.165, 1.54) is 0 Å². The molecule has 1 N–H and O–H groups in total. The average molecular weight is 300 g/mol. The SMILES string of the molecule is CC(C)(C)OC(=O)N1CC2CC1C2Nc1ncccc1C#N. The number of ether oxygens (including phenoxy) is 1. The highest BCUT2D eigenvalue weighted by Gasteiger charge is 2.54. The van der Waals surface area contributed by atoms with Crippen molar-refractivity contribution >= 4 is 11.9 Å². The van der Waals surface area contributed by atoms with Gasteiger partial charge < -0.3 is 15.0 Å². The maximum Gasteiger partial charge on any atom is 0.410 e. The Morgan fingerprint density at radius 1 is 1.55 bits per heavy atom. The van der Waals surface area contributed by atoms with Crippen molar-refractivity contribution in [3.8, 4) is 6.07 Å². The molecule has 0 aromatic carbocycles. The molecule has 2 saturated heterocycles. The summed E-state index contributed by atoms with van der Waals surface area (Å²) in [4.78, 5) is 18.3. The van der Waals surface area contributed by atoms with E-state index in [0.717, 1.165) is 6.42 Å². The Morgan fingerprint density at radius 3 is 3.00 bits per heavy atom. The van der Waals surface area contributed by atoms with Gasteiger partial charge in [-0.1, -0.05) is 0 Å². The maximum absolute atomic E-state index is 12.2. The number of hydrogen-bond donors (Lipinski definition) is 1. The first-order valence-corrected chi connectivity index (χ1v) is 7.50. The van der Waals surface area contributed by atoms with Crippen LogP contribution in [0.2, 0.25) is 0 Å². The van der Waals surface area contributed by atoms with Crippen LogP contribution in [0.4, 0.5) is 10.6 Å². The number of aromatic nitrogens is 1. The fourth-order valence-electron chi connectivity index (χ4n) is 3.13. The molecule has 1 aliphatic carbocycles. The van der Waals surface area contributed by atoms with Crippen molar-refractivity contribution in [2.75, 3.05) is 11.9 Å².